The van der Waals surface area contributed by atoms with Crippen LogP contribution in [0.3, 0.4) is 0 Å². The Labute approximate surface area is 151 Å². The van der Waals surface area contributed by atoms with Gasteiger partial charge in [-0.15, -0.1) is 0 Å². The SMILES string of the molecule is COc1ccc(C(=O)Nc2cccc(F)c2)cc1COc1ccccc1. The lowest BCUT2D eigenvalue weighted by Gasteiger charge is -2.12. The van der Waals surface area contributed by atoms with Gasteiger partial charge in [-0.05, 0) is 48.5 Å². The smallest absolute Gasteiger partial charge is 0.255 e. The number of ether oxygens (including phenoxy) is 2. The Bertz CT molecular complexity index is 897. The standard InChI is InChI=1S/C21H18FNO3/c1-25-20-11-10-15(21(24)23-18-7-5-6-17(22)13-18)12-16(20)14-26-19-8-3-2-4-9-19/h2-13H,14H2,1H3,(H,23,24). The number of rotatable bonds is 6. The zero-order valence-corrected chi connectivity index (χ0v) is 14.2. The lowest BCUT2D eigenvalue weighted by molar-refractivity contribution is 0.102. The van der Waals surface area contributed by atoms with Crippen molar-refractivity contribution < 1.29 is 18.7 Å². The van der Waals surface area contributed by atoms with Crippen LogP contribution in [0.25, 0.3) is 0 Å². The van der Waals surface area contributed by atoms with Crippen LogP contribution in [0.5, 0.6) is 11.5 Å². The number of para-hydroxylation sites is 1. The number of anilines is 1. The minimum absolute atomic E-state index is 0.258. The summed E-state index contributed by atoms with van der Waals surface area (Å²) in [4.78, 5) is 12.4. The number of hydrogen-bond donors (Lipinski definition) is 1. The van der Waals surface area contributed by atoms with Crippen molar-refractivity contribution >= 4 is 11.6 Å². The molecule has 0 saturated carbocycles. The van der Waals surface area contributed by atoms with Gasteiger partial charge in [0.2, 0.25) is 0 Å². The highest BCUT2D eigenvalue weighted by Gasteiger charge is 2.11. The van der Waals surface area contributed by atoms with E-state index in [4.69, 9.17) is 9.47 Å². The maximum Gasteiger partial charge on any atom is 0.255 e. The number of amides is 1. The van der Waals surface area contributed by atoms with Crippen LogP contribution >= 0.6 is 0 Å². The summed E-state index contributed by atoms with van der Waals surface area (Å²) in [6.07, 6.45) is 0. The van der Waals surface area contributed by atoms with E-state index in [9.17, 15) is 9.18 Å². The molecule has 0 fully saturated rings. The van der Waals surface area contributed by atoms with Crippen molar-refractivity contribution in [2.24, 2.45) is 0 Å². The molecular formula is C21H18FNO3. The summed E-state index contributed by atoms with van der Waals surface area (Å²) in [5.41, 5.74) is 1.57. The molecule has 132 valence electrons. The molecule has 0 aromatic heterocycles. The van der Waals surface area contributed by atoms with Crippen molar-refractivity contribution in [1.29, 1.82) is 0 Å². The first-order valence-corrected chi connectivity index (χ1v) is 8.07. The largest absolute Gasteiger partial charge is 0.496 e. The summed E-state index contributed by atoms with van der Waals surface area (Å²) in [7, 11) is 1.56. The van der Waals surface area contributed by atoms with Crippen LogP contribution in [0, 0.1) is 5.82 Å². The Morgan fingerprint density at radius 1 is 1.00 bits per heavy atom. The van der Waals surface area contributed by atoms with Gasteiger partial charge in [-0.2, -0.15) is 0 Å². The molecule has 1 N–H and O–H groups in total. The molecule has 0 aliphatic rings. The van der Waals surface area contributed by atoms with E-state index in [0.29, 0.717) is 17.0 Å². The van der Waals surface area contributed by atoms with Crippen LogP contribution in [-0.2, 0) is 6.61 Å². The summed E-state index contributed by atoms with van der Waals surface area (Å²) in [5, 5.41) is 2.68. The van der Waals surface area contributed by atoms with Gasteiger partial charge >= 0.3 is 0 Å². The normalized spacial score (nSPS) is 10.2. The number of methoxy groups -OCH3 is 1. The molecule has 0 unspecified atom stereocenters. The van der Waals surface area contributed by atoms with Gasteiger partial charge in [0.1, 0.15) is 23.9 Å². The monoisotopic (exact) mass is 351 g/mol. The topological polar surface area (TPSA) is 47.6 Å². The zero-order chi connectivity index (χ0) is 18.4. The lowest BCUT2D eigenvalue weighted by Crippen LogP contribution is -2.13. The highest BCUT2D eigenvalue weighted by molar-refractivity contribution is 6.04. The third-order valence-electron chi connectivity index (χ3n) is 3.76. The Morgan fingerprint density at radius 2 is 1.81 bits per heavy atom. The van der Waals surface area contributed by atoms with E-state index in [0.717, 1.165) is 11.3 Å². The molecule has 0 aliphatic carbocycles. The van der Waals surface area contributed by atoms with Crippen LogP contribution < -0.4 is 14.8 Å². The van der Waals surface area contributed by atoms with Gasteiger partial charge in [-0.25, -0.2) is 4.39 Å². The van der Waals surface area contributed by atoms with Crippen LogP contribution in [0.4, 0.5) is 10.1 Å². The summed E-state index contributed by atoms with van der Waals surface area (Å²) in [6.45, 7) is 0.258. The van der Waals surface area contributed by atoms with E-state index in [-0.39, 0.29) is 12.5 Å². The van der Waals surface area contributed by atoms with E-state index >= 15 is 0 Å². The van der Waals surface area contributed by atoms with Gasteiger partial charge in [0.15, 0.2) is 0 Å². The molecular weight excluding hydrogens is 333 g/mol. The fourth-order valence-corrected chi connectivity index (χ4v) is 2.48. The number of carbonyl (C=O) groups is 1. The molecule has 0 spiro atoms. The maximum atomic E-state index is 13.3. The first-order valence-electron chi connectivity index (χ1n) is 8.07. The van der Waals surface area contributed by atoms with Crippen molar-refractivity contribution in [2.45, 2.75) is 6.61 Å². The van der Waals surface area contributed by atoms with E-state index in [2.05, 4.69) is 5.32 Å². The molecule has 5 heteroatoms. The second-order valence-corrected chi connectivity index (χ2v) is 5.59. The fraction of sp³-hybridized carbons (Fsp3) is 0.0952. The van der Waals surface area contributed by atoms with E-state index < -0.39 is 5.82 Å². The minimum atomic E-state index is -0.408. The van der Waals surface area contributed by atoms with Crippen molar-refractivity contribution in [1.82, 2.24) is 0 Å². The Balaban J connectivity index is 1.76. The average Bonchev–Trinajstić information content (AvgIpc) is 2.67. The van der Waals surface area contributed by atoms with Gasteiger partial charge in [-0.3, -0.25) is 4.79 Å². The molecule has 0 aliphatic heterocycles. The minimum Gasteiger partial charge on any atom is -0.496 e. The quantitative estimate of drug-likeness (QED) is 0.702. The number of benzene rings is 3. The summed E-state index contributed by atoms with van der Waals surface area (Å²) < 4.78 is 24.3. The Morgan fingerprint density at radius 3 is 2.54 bits per heavy atom. The maximum absolute atomic E-state index is 13.3. The predicted molar refractivity (Wildman–Crippen MR) is 98.1 cm³/mol. The van der Waals surface area contributed by atoms with Crippen molar-refractivity contribution in [2.75, 3.05) is 12.4 Å². The zero-order valence-electron chi connectivity index (χ0n) is 14.2. The molecule has 3 rings (SSSR count). The van der Waals surface area contributed by atoms with E-state index in [1.165, 1.54) is 18.2 Å². The fourth-order valence-electron chi connectivity index (χ4n) is 2.48. The second kappa shape index (κ2) is 8.16. The highest BCUT2D eigenvalue weighted by atomic mass is 19.1. The molecule has 1 amide bonds. The van der Waals surface area contributed by atoms with E-state index in [1.54, 1.807) is 31.4 Å². The first kappa shape index (κ1) is 17.5. The van der Waals surface area contributed by atoms with E-state index in [1.807, 2.05) is 30.3 Å². The summed E-state index contributed by atoms with van der Waals surface area (Å²) >= 11 is 0. The average molecular weight is 351 g/mol. The van der Waals surface area contributed by atoms with Gasteiger partial charge in [0.05, 0.1) is 7.11 Å². The van der Waals surface area contributed by atoms with Gasteiger partial charge in [0, 0.05) is 16.8 Å². The number of carbonyl (C=O) groups excluding carboxylic acids is 1. The molecule has 3 aromatic carbocycles. The van der Waals surface area contributed by atoms with Gasteiger partial charge < -0.3 is 14.8 Å². The van der Waals surface area contributed by atoms with Crippen LogP contribution in [0.15, 0.2) is 72.8 Å². The highest BCUT2D eigenvalue weighted by Crippen LogP contribution is 2.23. The molecule has 0 saturated heterocycles. The Hall–Kier alpha value is -3.34. The summed E-state index contributed by atoms with van der Waals surface area (Å²) in [5.74, 6) is 0.612. The van der Waals surface area contributed by atoms with Crippen LogP contribution in [0.1, 0.15) is 15.9 Å². The molecule has 0 radical (unpaired) electrons. The molecule has 3 aromatic rings. The first-order chi connectivity index (χ1) is 12.7. The van der Waals surface area contributed by atoms with Crippen molar-refractivity contribution in [3.8, 4) is 11.5 Å². The molecule has 0 bridgehead atoms. The molecule has 4 nitrogen and oxygen atoms in total. The molecule has 0 atom stereocenters. The van der Waals surface area contributed by atoms with Crippen LogP contribution in [0.2, 0.25) is 0 Å². The van der Waals surface area contributed by atoms with Crippen LogP contribution in [-0.4, -0.2) is 13.0 Å². The van der Waals surface area contributed by atoms with Crippen molar-refractivity contribution in [3.63, 3.8) is 0 Å². The lowest BCUT2D eigenvalue weighted by atomic mass is 10.1. The second-order valence-electron chi connectivity index (χ2n) is 5.59. The number of nitrogens with one attached hydrogen (secondary N) is 1. The Kier molecular flexibility index (Phi) is 5.49. The molecule has 26 heavy (non-hydrogen) atoms. The van der Waals surface area contributed by atoms with Gasteiger partial charge in [0.25, 0.3) is 5.91 Å². The third kappa shape index (κ3) is 4.39. The van der Waals surface area contributed by atoms with Gasteiger partial charge in [-0.1, -0.05) is 24.3 Å². The predicted octanol–water partition coefficient (Wildman–Crippen LogP) is 4.67. The van der Waals surface area contributed by atoms with Crippen molar-refractivity contribution in [3.05, 3.63) is 89.7 Å². The third-order valence-corrected chi connectivity index (χ3v) is 3.76. The summed E-state index contributed by atoms with van der Waals surface area (Å²) in [6, 6.07) is 20.2. The molecule has 0 heterocycles. The number of hydrogen-bond acceptors (Lipinski definition) is 3. The number of halogens is 1.